The van der Waals surface area contributed by atoms with Crippen LogP contribution in [0.1, 0.15) is 15.9 Å². The van der Waals surface area contributed by atoms with Crippen LogP contribution in [0.4, 0.5) is 4.39 Å². The molecule has 0 spiro atoms. The summed E-state index contributed by atoms with van der Waals surface area (Å²) >= 11 is 3.20. The number of carbonyl (C=O) groups is 1. The monoisotopic (exact) mass is 338 g/mol. The van der Waals surface area contributed by atoms with E-state index in [9.17, 15) is 9.18 Å². The third kappa shape index (κ3) is 2.67. The summed E-state index contributed by atoms with van der Waals surface area (Å²) in [5.41, 5.74) is 0.652. The van der Waals surface area contributed by atoms with Crippen LogP contribution in [0.2, 0.25) is 0 Å². The van der Waals surface area contributed by atoms with Crippen LogP contribution in [0.25, 0.3) is 0 Å². The van der Waals surface area contributed by atoms with Gasteiger partial charge < -0.3 is 9.47 Å². The Balaban J connectivity index is 2.58. The first-order valence-electron chi connectivity index (χ1n) is 5.79. The SMILES string of the molecule is COc1cccc(OC)c1C(=O)c1ccc(F)cc1Br. The molecule has 0 fully saturated rings. The molecule has 104 valence electrons. The van der Waals surface area contributed by atoms with Crippen molar-refractivity contribution in [3.05, 3.63) is 57.8 Å². The van der Waals surface area contributed by atoms with Crippen LogP contribution in [0, 0.1) is 5.82 Å². The van der Waals surface area contributed by atoms with E-state index in [0.29, 0.717) is 27.1 Å². The first-order valence-corrected chi connectivity index (χ1v) is 6.58. The highest BCUT2D eigenvalue weighted by Gasteiger charge is 2.21. The van der Waals surface area contributed by atoms with Crippen LogP contribution in [0.3, 0.4) is 0 Å². The summed E-state index contributed by atoms with van der Waals surface area (Å²) in [7, 11) is 2.95. The second-order valence-electron chi connectivity index (χ2n) is 3.99. The van der Waals surface area contributed by atoms with Crippen LogP contribution in [0.15, 0.2) is 40.9 Å². The molecule has 5 heteroatoms. The summed E-state index contributed by atoms with van der Waals surface area (Å²) in [5.74, 6) is 0.0998. The maximum absolute atomic E-state index is 13.1. The van der Waals surface area contributed by atoms with E-state index in [4.69, 9.17) is 9.47 Å². The van der Waals surface area contributed by atoms with Crippen LogP contribution in [-0.2, 0) is 0 Å². The molecule has 0 radical (unpaired) electrons. The number of methoxy groups -OCH3 is 2. The van der Waals surface area contributed by atoms with Gasteiger partial charge in [-0.3, -0.25) is 4.79 Å². The lowest BCUT2D eigenvalue weighted by molar-refractivity contribution is 0.103. The number of hydrogen-bond donors (Lipinski definition) is 0. The molecule has 0 aromatic heterocycles. The second kappa shape index (κ2) is 6.05. The molecule has 0 N–H and O–H groups in total. The molecule has 0 heterocycles. The standard InChI is InChI=1S/C15H12BrFO3/c1-19-12-4-3-5-13(20-2)14(12)15(18)10-7-6-9(17)8-11(10)16/h3-8H,1-2H3. The number of ketones is 1. The third-order valence-electron chi connectivity index (χ3n) is 2.83. The number of halogens is 2. The largest absolute Gasteiger partial charge is 0.496 e. The van der Waals surface area contributed by atoms with Crippen molar-refractivity contribution in [1.29, 1.82) is 0 Å². The lowest BCUT2D eigenvalue weighted by atomic mass is 10.0. The first-order chi connectivity index (χ1) is 9.58. The Morgan fingerprint density at radius 3 is 2.20 bits per heavy atom. The minimum absolute atomic E-state index is 0.300. The normalized spacial score (nSPS) is 10.2. The zero-order chi connectivity index (χ0) is 14.7. The number of hydrogen-bond acceptors (Lipinski definition) is 3. The summed E-state index contributed by atoms with van der Waals surface area (Å²) in [6.07, 6.45) is 0. The molecule has 2 rings (SSSR count). The molecule has 0 amide bonds. The highest BCUT2D eigenvalue weighted by Crippen LogP contribution is 2.32. The van der Waals surface area contributed by atoms with Gasteiger partial charge in [0, 0.05) is 10.0 Å². The summed E-state index contributed by atoms with van der Waals surface area (Å²) in [5, 5.41) is 0. The van der Waals surface area contributed by atoms with Crippen molar-refractivity contribution >= 4 is 21.7 Å². The molecule has 0 aliphatic carbocycles. The number of carbonyl (C=O) groups excluding carboxylic acids is 1. The molecule has 0 unspecified atom stereocenters. The van der Waals surface area contributed by atoms with E-state index in [2.05, 4.69) is 15.9 Å². The van der Waals surface area contributed by atoms with E-state index in [1.165, 1.54) is 32.4 Å². The zero-order valence-corrected chi connectivity index (χ0v) is 12.5. The molecule has 0 atom stereocenters. The van der Waals surface area contributed by atoms with Gasteiger partial charge in [0.05, 0.1) is 14.2 Å². The van der Waals surface area contributed by atoms with Crippen LogP contribution >= 0.6 is 15.9 Å². The highest BCUT2D eigenvalue weighted by molar-refractivity contribution is 9.10. The highest BCUT2D eigenvalue weighted by atomic mass is 79.9. The molecule has 2 aromatic rings. The van der Waals surface area contributed by atoms with Crippen molar-refractivity contribution in [2.45, 2.75) is 0 Å². The van der Waals surface area contributed by atoms with Crippen molar-refractivity contribution in [2.24, 2.45) is 0 Å². The van der Waals surface area contributed by atoms with Gasteiger partial charge >= 0.3 is 0 Å². The summed E-state index contributed by atoms with van der Waals surface area (Å²) in [6.45, 7) is 0. The Morgan fingerprint density at radius 1 is 1.10 bits per heavy atom. The molecule has 0 aliphatic heterocycles. The summed E-state index contributed by atoms with van der Waals surface area (Å²) in [6, 6.07) is 8.98. The maximum atomic E-state index is 13.1. The molecule has 0 aliphatic rings. The van der Waals surface area contributed by atoms with Crippen LogP contribution in [0.5, 0.6) is 11.5 Å². The van der Waals surface area contributed by atoms with Gasteiger partial charge in [-0.1, -0.05) is 6.07 Å². The van der Waals surface area contributed by atoms with Gasteiger partial charge in [0.25, 0.3) is 0 Å². The van der Waals surface area contributed by atoms with Crippen LogP contribution in [-0.4, -0.2) is 20.0 Å². The lowest BCUT2D eigenvalue weighted by Crippen LogP contribution is -2.07. The average Bonchev–Trinajstić information content (AvgIpc) is 2.45. The van der Waals surface area contributed by atoms with Crippen molar-refractivity contribution < 1.29 is 18.7 Å². The van der Waals surface area contributed by atoms with Crippen molar-refractivity contribution in [2.75, 3.05) is 14.2 Å². The zero-order valence-electron chi connectivity index (χ0n) is 10.9. The summed E-state index contributed by atoms with van der Waals surface area (Å²) < 4.78 is 23.9. The Morgan fingerprint density at radius 2 is 1.70 bits per heavy atom. The minimum Gasteiger partial charge on any atom is -0.496 e. The molecule has 20 heavy (non-hydrogen) atoms. The van der Waals surface area contributed by atoms with Gasteiger partial charge in [-0.2, -0.15) is 0 Å². The fourth-order valence-corrected chi connectivity index (χ4v) is 2.41. The first kappa shape index (κ1) is 14.5. The van der Waals surface area contributed by atoms with Gasteiger partial charge in [-0.05, 0) is 46.3 Å². The van der Waals surface area contributed by atoms with E-state index >= 15 is 0 Å². The van der Waals surface area contributed by atoms with Crippen molar-refractivity contribution in [3.8, 4) is 11.5 Å². The predicted octanol–water partition coefficient (Wildman–Crippen LogP) is 3.84. The fraction of sp³-hybridized carbons (Fsp3) is 0.133. The van der Waals surface area contributed by atoms with Gasteiger partial charge in [-0.25, -0.2) is 4.39 Å². The number of ether oxygens (including phenoxy) is 2. The van der Waals surface area contributed by atoms with E-state index in [-0.39, 0.29) is 5.78 Å². The smallest absolute Gasteiger partial charge is 0.201 e. The van der Waals surface area contributed by atoms with Crippen molar-refractivity contribution in [3.63, 3.8) is 0 Å². The molecule has 2 aromatic carbocycles. The summed E-state index contributed by atoms with van der Waals surface area (Å²) in [4.78, 5) is 12.6. The number of rotatable bonds is 4. The quantitative estimate of drug-likeness (QED) is 0.794. The molecule has 3 nitrogen and oxygen atoms in total. The Hall–Kier alpha value is -1.88. The van der Waals surface area contributed by atoms with Gasteiger partial charge in [-0.15, -0.1) is 0 Å². The van der Waals surface area contributed by atoms with Crippen LogP contribution < -0.4 is 9.47 Å². The molecule has 0 bridgehead atoms. The average molecular weight is 339 g/mol. The predicted molar refractivity (Wildman–Crippen MR) is 77.1 cm³/mol. The van der Waals surface area contributed by atoms with Gasteiger partial charge in [0.1, 0.15) is 22.9 Å². The number of benzene rings is 2. The molecule has 0 saturated carbocycles. The Bertz CT molecular complexity index is 633. The second-order valence-corrected chi connectivity index (χ2v) is 4.85. The third-order valence-corrected chi connectivity index (χ3v) is 3.49. The van der Waals surface area contributed by atoms with Gasteiger partial charge in [0.15, 0.2) is 0 Å². The van der Waals surface area contributed by atoms with E-state index in [0.717, 1.165) is 0 Å². The topological polar surface area (TPSA) is 35.5 Å². The van der Waals surface area contributed by atoms with E-state index in [1.54, 1.807) is 18.2 Å². The Kier molecular flexibility index (Phi) is 4.39. The lowest BCUT2D eigenvalue weighted by Gasteiger charge is -2.12. The van der Waals surface area contributed by atoms with E-state index < -0.39 is 5.82 Å². The Labute approximate surface area is 124 Å². The molecular weight excluding hydrogens is 327 g/mol. The minimum atomic E-state index is -0.416. The molecule has 0 saturated heterocycles. The van der Waals surface area contributed by atoms with Gasteiger partial charge in [0.2, 0.25) is 5.78 Å². The molecular formula is C15H12BrFO3. The fourth-order valence-electron chi connectivity index (χ4n) is 1.88. The van der Waals surface area contributed by atoms with E-state index in [1.807, 2.05) is 0 Å². The van der Waals surface area contributed by atoms with Crippen molar-refractivity contribution in [1.82, 2.24) is 0 Å². The maximum Gasteiger partial charge on any atom is 0.201 e.